The molecular weight excluding hydrogens is 603 g/mol. The van der Waals surface area contributed by atoms with Gasteiger partial charge in [0.1, 0.15) is 17.1 Å². The lowest BCUT2D eigenvalue weighted by Crippen LogP contribution is -2.32. The molecule has 1 atom stereocenters. The van der Waals surface area contributed by atoms with E-state index in [-0.39, 0.29) is 0 Å². The van der Waals surface area contributed by atoms with Gasteiger partial charge < -0.3 is 9.47 Å². The summed E-state index contributed by atoms with van der Waals surface area (Å²) < 4.78 is 13.6. The standard InChI is InChI=1S/C44H51N3O2/c1-9-11-23-48-43-41(39(35-19-15-13-16-20-35)45-37-31(5)25-29(3)26-32(37)6)47-42(44(43)49-24-12-10-2)40(36-21-17-14-18-22-36)46-38-33(7)27-30(4)28-34(38)8/h13-22,25-28,43H,9-12,23-24H2,1-8H3. The van der Waals surface area contributed by atoms with Crippen molar-refractivity contribution < 1.29 is 9.47 Å². The third-order valence-electron chi connectivity index (χ3n) is 8.77. The maximum atomic E-state index is 6.80. The van der Waals surface area contributed by atoms with E-state index in [0.717, 1.165) is 87.6 Å². The topological polar surface area (TPSA) is 55.5 Å². The summed E-state index contributed by atoms with van der Waals surface area (Å²) in [5.74, 6) is 0.700. The Bertz CT molecular complexity index is 1840. The number of aliphatic imine (C=N–C) groups is 3. The van der Waals surface area contributed by atoms with E-state index < -0.39 is 6.10 Å². The van der Waals surface area contributed by atoms with E-state index in [2.05, 4.69) is 116 Å². The van der Waals surface area contributed by atoms with Gasteiger partial charge in [0.25, 0.3) is 0 Å². The maximum absolute atomic E-state index is 6.80. The average Bonchev–Trinajstić information content (AvgIpc) is 3.42. The van der Waals surface area contributed by atoms with Crippen molar-refractivity contribution >= 4 is 28.5 Å². The largest absolute Gasteiger partial charge is 0.492 e. The van der Waals surface area contributed by atoms with Crippen LogP contribution in [-0.4, -0.2) is 36.5 Å². The van der Waals surface area contributed by atoms with Crippen molar-refractivity contribution in [3.8, 4) is 0 Å². The zero-order valence-electron chi connectivity index (χ0n) is 30.6. The molecule has 5 nitrogen and oxygen atoms in total. The number of hydrogen-bond acceptors (Lipinski definition) is 5. The SMILES string of the molecule is CCCCOC1=C(C(=Nc2c(C)cc(C)cc2C)c2ccccc2)N=C(C(=Nc2c(C)cc(C)cc2C)c2ccccc2)C1OCCCC. The smallest absolute Gasteiger partial charge is 0.161 e. The number of allylic oxidation sites excluding steroid dienone is 1. The quantitative estimate of drug-likeness (QED) is 0.100. The summed E-state index contributed by atoms with van der Waals surface area (Å²) in [6.45, 7) is 18.3. The Morgan fingerprint density at radius 3 is 1.55 bits per heavy atom. The molecule has 0 aromatic heterocycles. The van der Waals surface area contributed by atoms with Crippen LogP contribution in [0.3, 0.4) is 0 Å². The Labute approximate surface area is 293 Å². The predicted octanol–water partition coefficient (Wildman–Crippen LogP) is 11.1. The lowest BCUT2D eigenvalue weighted by Gasteiger charge is -2.21. The molecule has 0 bridgehead atoms. The number of benzene rings is 4. The van der Waals surface area contributed by atoms with Gasteiger partial charge in [0.05, 0.1) is 23.7 Å². The second-order valence-electron chi connectivity index (χ2n) is 13.2. The summed E-state index contributed by atoms with van der Waals surface area (Å²) in [4.78, 5) is 16.4. The number of aryl methyl sites for hydroxylation is 6. The van der Waals surface area contributed by atoms with Crippen LogP contribution in [0.2, 0.25) is 0 Å². The second-order valence-corrected chi connectivity index (χ2v) is 13.2. The number of nitrogens with zero attached hydrogens (tertiary/aromatic N) is 3. The van der Waals surface area contributed by atoms with Gasteiger partial charge in [-0.2, -0.15) is 0 Å². The van der Waals surface area contributed by atoms with Crippen LogP contribution in [0.25, 0.3) is 0 Å². The van der Waals surface area contributed by atoms with Crippen LogP contribution in [0.1, 0.15) is 84.0 Å². The fourth-order valence-corrected chi connectivity index (χ4v) is 6.44. The Kier molecular flexibility index (Phi) is 12.1. The van der Waals surface area contributed by atoms with E-state index in [1.165, 1.54) is 11.1 Å². The summed E-state index contributed by atoms with van der Waals surface area (Å²) in [7, 11) is 0. The third kappa shape index (κ3) is 8.52. The van der Waals surface area contributed by atoms with Gasteiger partial charge in [-0.15, -0.1) is 0 Å². The average molecular weight is 654 g/mol. The molecule has 1 aliphatic heterocycles. The van der Waals surface area contributed by atoms with Crippen molar-refractivity contribution in [2.45, 2.75) is 87.2 Å². The van der Waals surface area contributed by atoms with Gasteiger partial charge in [0.15, 0.2) is 11.9 Å². The van der Waals surface area contributed by atoms with Crippen molar-refractivity contribution in [3.63, 3.8) is 0 Å². The first-order valence-corrected chi connectivity index (χ1v) is 17.7. The minimum absolute atomic E-state index is 0.544. The number of hydrogen-bond donors (Lipinski definition) is 0. The molecule has 0 amide bonds. The lowest BCUT2D eigenvalue weighted by molar-refractivity contribution is 0.0663. The van der Waals surface area contributed by atoms with Crippen LogP contribution < -0.4 is 0 Å². The molecule has 0 radical (unpaired) electrons. The lowest BCUT2D eigenvalue weighted by atomic mass is 9.99. The van der Waals surface area contributed by atoms with Gasteiger partial charge >= 0.3 is 0 Å². The van der Waals surface area contributed by atoms with Gasteiger partial charge in [0, 0.05) is 17.7 Å². The highest BCUT2D eigenvalue weighted by Gasteiger charge is 2.38. The van der Waals surface area contributed by atoms with E-state index in [1.54, 1.807) is 0 Å². The summed E-state index contributed by atoms with van der Waals surface area (Å²) in [6.07, 6.45) is 3.34. The molecule has 4 aromatic carbocycles. The first-order valence-electron chi connectivity index (χ1n) is 17.7. The highest BCUT2D eigenvalue weighted by Crippen LogP contribution is 2.35. The highest BCUT2D eigenvalue weighted by atomic mass is 16.5. The van der Waals surface area contributed by atoms with Crippen LogP contribution >= 0.6 is 0 Å². The molecule has 0 fully saturated rings. The van der Waals surface area contributed by atoms with Crippen LogP contribution in [0.15, 0.2) is 111 Å². The van der Waals surface area contributed by atoms with Crippen LogP contribution in [-0.2, 0) is 9.47 Å². The monoisotopic (exact) mass is 653 g/mol. The molecule has 5 heteroatoms. The van der Waals surface area contributed by atoms with Crippen LogP contribution in [0.5, 0.6) is 0 Å². The number of unbranched alkanes of at least 4 members (excludes halogenated alkanes) is 2. The summed E-state index contributed by atoms with van der Waals surface area (Å²) in [6, 6.07) is 29.4. The van der Waals surface area contributed by atoms with Crippen molar-refractivity contribution in [2.75, 3.05) is 13.2 Å². The molecular formula is C44H51N3O2. The molecule has 0 N–H and O–H groups in total. The van der Waals surface area contributed by atoms with Gasteiger partial charge in [-0.1, -0.05) is 123 Å². The van der Waals surface area contributed by atoms with E-state index in [9.17, 15) is 0 Å². The highest BCUT2D eigenvalue weighted by molar-refractivity contribution is 6.52. The zero-order chi connectivity index (χ0) is 34.9. The third-order valence-corrected chi connectivity index (χ3v) is 8.77. The van der Waals surface area contributed by atoms with E-state index in [4.69, 9.17) is 24.5 Å². The van der Waals surface area contributed by atoms with Gasteiger partial charge in [-0.3, -0.25) is 0 Å². The first kappa shape index (κ1) is 35.7. The molecule has 254 valence electrons. The second kappa shape index (κ2) is 16.7. The summed E-state index contributed by atoms with van der Waals surface area (Å²) in [5, 5.41) is 0. The molecule has 1 unspecified atom stereocenters. The van der Waals surface area contributed by atoms with Crippen molar-refractivity contribution in [1.29, 1.82) is 0 Å². The molecule has 0 saturated carbocycles. The van der Waals surface area contributed by atoms with Gasteiger partial charge in [-0.25, -0.2) is 15.0 Å². The first-order chi connectivity index (χ1) is 23.7. The predicted molar refractivity (Wildman–Crippen MR) is 207 cm³/mol. The number of rotatable bonds is 14. The van der Waals surface area contributed by atoms with Crippen molar-refractivity contribution in [1.82, 2.24) is 0 Å². The molecule has 0 saturated heterocycles. The molecule has 49 heavy (non-hydrogen) atoms. The molecule has 0 spiro atoms. The molecule has 1 heterocycles. The van der Waals surface area contributed by atoms with Crippen molar-refractivity contribution in [2.24, 2.45) is 15.0 Å². The van der Waals surface area contributed by atoms with Crippen LogP contribution in [0.4, 0.5) is 11.4 Å². The summed E-state index contributed by atoms with van der Waals surface area (Å²) >= 11 is 0. The van der Waals surface area contributed by atoms with E-state index >= 15 is 0 Å². The Morgan fingerprint density at radius 1 is 0.612 bits per heavy atom. The maximum Gasteiger partial charge on any atom is 0.161 e. The fourth-order valence-electron chi connectivity index (χ4n) is 6.44. The zero-order valence-corrected chi connectivity index (χ0v) is 30.6. The Hall–Kier alpha value is -4.61. The minimum atomic E-state index is -0.544. The Morgan fingerprint density at radius 2 is 1.06 bits per heavy atom. The molecule has 5 rings (SSSR count). The van der Waals surface area contributed by atoms with Crippen LogP contribution in [0, 0.1) is 41.5 Å². The fraction of sp³-hybridized carbons (Fsp3) is 0.341. The van der Waals surface area contributed by atoms with E-state index in [0.29, 0.717) is 24.7 Å². The number of ether oxygens (including phenoxy) is 2. The normalized spacial score (nSPS) is 15.2. The van der Waals surface area contributed by atoms with E-state index in [1.807, 2.05) is 24.3 Å². The molecule has 0 aliphatic carbocycles. The summed E-state index contributed by atoms with van der Waals surface area (Å²) in [5.41, 5.74) is 13.7. The molecule has 1 aliphatic rings. The Balaban J connectivity index is 1.82. The van der Waals surface area contributed by atoms with Gasteiger partial charge in [-0.05, 0) is 76.6 Å². The molecule has 4 aromatic rings. The van der Waals surface area contributed by atoms with Crippen molar-refractivity contribution in [3.05, 3.63) is 141 Å². The van der Waals surface area contributed by atoms with Gasteiger partial charge in [0.2, 0.25) is 0 Å². The minimum Gasteiger partial charge on any atom is -0.492 e.